The second kappa shape index (κ2) is 9.60. The number of hydrogen-bond acceptors (Lipinski definition) is 2. The molecule has 10 rings (SSSR count). The Morgan fingerprint density at radius 1 is 0.447 bits per heavy atom. The van der Waals surface area contributed by atoms with Crippen molar-refractivity contribution in [3.05, 3.63) is 186 Å². The average molecular weight is 595 g/mol. The normalized spacial score (nSPS) is 13.3. The molecule has 0 amide bonds. The number of hydrogen-bond donors (Lipinski definition) is 0. The maximum Gasteiger partial charge on any atom is 0.141 e. The minimum absolute atomic E-state index is 0.418. The summed E-state index contributed by atoms with van der Waals surface area (Å²) in [5, 5.41) is 14.5. The zero-order valence-electron chi connectivity index (χ0n) is 25.4. The molecule has 0 N–H and O–H groups in total. The van der Waals surface area contributed by atoms with Crippen molar-refractivity contribution >= 4 is 21.5 Å². The molecule has 0 fully saturated rings. The average Bonchev–Trinajstić information content (AvgIpc) is 3.62. The Labute approximate surface area is 272 Å². The van der Waals surface area contributed by atoms with Gasteiger partial charge in [0.25, 0.3) is 0 Å². The summed E-state index contributed by atoms with van der Waals surface area (Å²) in [4.78, 5) is 4.20. The molecule has 2 aliphatic carbocycles. The highest BCUT2D eigenvalue weighted by molar-refractivity contribution is 6.16. The first kappa shape index (κ1) is 26.0. The number of nitrogens with zero attached hydrogens (tertiary/aromatic N) is 2. The largest absolute Gasteiger partial charge is 0.246 e. The second-order valence-electron chi connectivity index (χ2n) is 12.6. The molecule has 7 aromatic carbocycles. The fourth-order valence-electron chi connectivity index (χ4n) is 8.53. The first-order chi connectivity index (χ1) is 23.3. The predicted molar refractivity (Wildman–Crippen MR) is 191 cm³/mol. The van der Waals surface area contributed by atoms with E-state index in [-0.39, 0.29) is 0 Å². The van der Waals surface area contributed by atoms with Crippen LogP contribution in [0.3, 0.4) is 0 Å². The third-order valence-corrected chi connectivity index (χ3v) is 10.4. The van der Waals surface area contributed by atoms with Crippen molar-refractivity contribution in [2.75, 3.05) is 0 Å². The van der Waals surface area contributed by atoms with Crippen molar-refractivity contribution in [3.63, 3.8) is 0 Å². The molecule has 2 nitrogen and oxygen atoms in total. The molecule has 1 aromatic heterocycles. The van der Waals surface area contributed by atoms with Gasteiger partial charge in [0.05, 0.1) is 5.41 Å². The van der Waals surface area contributed by atoms with Gasteiger partial charge in [-0.15, -0.1) is 0 Å². The molecule has 0 bridgehead atoms. The van der Waals surface area contributed by atoms with Gasteiger partial charge in [-0.25, -0.2) is 4.98 Å². The Bertz CT molecular complexity index is 2610. The highest BCUT2D eigenvalue weighted by atomic mass is 14.7. The summed E-state index contributed by atoms with van der Waals surface area (Å²) in [5.74, 6) is 0. The topological polar surface area (TPSA) is 36.7 Å². The van der Waals surface area contributed by atoms with Gasteiger partial charge in [0.1, 0.15) is 11.8 Å². The van der Waals surface area contributed by atoms with Crippen LogP contribution in [0, 0.1) is 11.3 Å². The van der Waals surface area contributed by atoms with Crippen molar-refractivity contribution in [2.24, 2.45) is 0 Å². The molecule has 0 radical (unpaired) electrons. The first-order valence-corrected chi connectivity index (χ1v) is 16.0. The fraction of sp³-hybridized carbons (Fsp3) is 0.0222. The van der Waals surface area contributed by atoms with E-state index in [2.05, 4.69) is 151 Å². The van der Waals surface area contributed by atoms with Crippen LogP contribution in [0.5, 0.6) is 0 Å². The maximum atomic E-state index is 9.52. The predicted octanol–water partition coefficient (Wildman–Crippen LogP) is 10.9. The van der Waals surface area contributed by atoms with Crippen molar-refractivity contribution < 1.29 is 0 Å². The smallest absolute Gasteiger partial charge is 0.141 e. The van der Waals surface area contributed by atoms with Gasteiger partial charge < -0.3 is 0 Å². The number of rotatable bonds is 2. The van der Waals surface area contributed by atoms with Crippen molar-refractivity contribution in [1.29, 1.82) is 5.26 Å². The van der Waals surface area contributed by atoms with Crippen molar-refractivity contribution in [1.82, 2.24) is 4.98 Å². The third kappa shape index (κ3) is 3.41. The van der Waals surface area contributed by atoms with E-state index < -0.39 is 5.41 Å². The summed E-state index contributed by atoms with van der Waals surface area (Å²) in [6, 6.07) is 57.6. The number of benzene rings is 7. The Hall–Kier alpha value is -6.30. The zero-order valence-corrected chi connectivity index (χ0v) is 25.4. The van der Waals surface area contributed by atoms with E-state index in [0.29, 0.717) is 5.69 Å². The van der Waals surface area contributed by atoms with E-state index in [1.807, 2.05) is 12.1 Å². The molecule has 1 heterocycles. The van der Waals surface area contributed by atoms with Gasteiger partial charge in [-0.05, 0) is 113 Å². The molecular weight excluding hydrogens is 569 g/mol. The first-order valence-electron chi connectivity index (χ1n) is 16.0. The number of pyridine rings is 1. The Kier molecular flexibility index (Phi) is 5.30. The lowest BCUT2D eigenvalue weighted by atomic mass is 9.70. The van der Waals surface area contributed by atoms with E-state index in [0.717, 1.165) is 16.7 Å². The van der Waals surface area contributed by atoms with Gasteiger partial charge in [-0.2, -0.15) is 5.26 Å². The molecule has 0 aliphatic heterocycles. The molecule has 1 spiro atoms. The molecule has 0 saturated carbocycles. The van der Waals surface area contributed by atoms with E-state index in [1.165, 1.54) is 71.6 Å². The summed E-state index contributed by atoms with van der Waals surface area (Å²) in [6.07, 6.45) is 1.71. The minimum Gasteiger partial charge on any atom is -0.246 e. The van der Waals surface area contributed by atoms with Gasteiger partial charge in [-0.1, -0.05) is 127 Å². The lowest BCUT2D eigenvalue weighted by molar-refractivity contribution is 0.795. The lowest BCUT2D eigenvalue weighted by Crippen LogP contribution is -2.26. The van der Waals surface area contributed by atoms with Crippen LogP contribution in [0.1, 0.15) is 27.9 Å². The minimum atomic E-state index is -0.453. The number of aromatic nitrogens is 1. The second-order valence-corrected chi connectivity index (χ2v) is 12.6. The summed E-state index contributed by atoms with van der Waals surface area (Å²) in [5.41, 5.74) is 15.0. The van der Waals surface area contributed by atoms with Gasteiger partial charge >= 0.3 is 0 Å². The molecule has 2 heteroatoms. The molecule has 8 aromatic rings. The fourth-order valence-corrected chi connectivity index (χ4v) is 8.53. The Morgan fingerprint density at radius 3 is 1.87 bits per heavy atom. The van der Waals surface area contributed by atoms with E-state index >= 15 is 0 Å². The van der Waals surface area contributed by atoms with Crippen LogP contribution in [-0.2, 0) is 5.41 Å². The standard InChI is InChI=1S/C45H26N2/c46-27-32-25-30(22-23-47-32)29-11-9-12-31(24-29)38-26-42-44(37-17-4-3-14-34(37)38)43-33-13-2-1-10-28(33)20-21-41(43)45(42)39-18-7-5-15-35(39)36-16-6-8-19-40(36)45/h1-26H. The van der Waals surface area contributed by atoms with Crippen molar-refractivity contribution in [3.8, 4) is 50.6 Å². The summed E-state index contributed by atoms with van der Waals surface area (Å²) >= 11 is 0. The van der Waals surface area contributed by atoms with Gasteiger partial charge in [0, 0.05) is 6.20 Å². The van der Waals surface area contributed by atoms with E-state index in [4.69, 9.17) is 0 Å². The molecule has 47 heavy (non-hydrogen) atoms. The van der Waals surface area contributed by atoms with Crippen LogP contribution in [0.15, 0.2) is 158 Å². The SMILES string of the molecule is N#Cc1cc(-c2cccc(-c3cc4c(c5ccccc35)-c3c(ccc5ccccc35)C43c4ccccc4-c4ccccc43)c2)ccn1. The van der Waals surface area contributed by atoms with Crippen LogP contribution in [0.4, 0.5) is 0 Å². The van der Waals surface area contributed by atoms with Crippen LogP contribution < -0.4 is 0 Å². The molecule has 2 aliphatic rings. The maximum absolute atomic E-state index is 9.52. The van der Waals surface area contributed by atoms with Crippen molar-refractivity contribution in [2.45, 2.75) is 5.41 Å². The molecular formula is C45H26N2. The number of nitriles is 1. The van der Waals surface area contributed by atoms with E-state index in [9.17, 15) is 5.26 Å². The Balaban J connectivity index is 1.36. The molecule has 0 saturated heterocycles. The highest BCUT2D eigenvalue weighted by Gasteiger charge is 2.52. The monoisotopic (exact) mass is 594 g/mol. The highest BCUT2D eigenvalue weighted by Crippen LogP contribution is 2.65. The third-order valence-electron chi connectivity index (χ3n) is 10.4. The zero-order chi connectivity index (χ0) is 31.1. The quantitative estimate of drug-likeness (QED) is 0.200. The summed E-state index contributed by atoms with van der Waals surface area (Å²) < 4.78 is 0. The van der Waals surface area contributed by atoms with Crippen LogP contribution >= 0.6 is 0 Å². The van der Waals surface area contributed by atoms with Gasteiger partial charge in [-0.3, -0.25) is 0 Å². The van der Waals surface area contributed by atoms with Crippen LogP contribution in [-0.4, -0.2) is 4.98 Å². The summed E-state index contributed by atoms with van der Waals surface area (Å²) in [7, 11) is 0. The Morgan fingerprint density at radius 2 is 1.09 bits per heavy atom. The summed E-state index contributed by atoms with van der Waals surface area (Å²) in [6.45, 7) is 0. The molecule has 0 unspecified atom stereocenters. The lowest BCUT2D eigenvalue weighted by Gasteiger charge is -2.31. The van der Waals surface area contributed by atoms with E-state index in [1.54, 1.807) is 6.20 Å². The van der Waals surface area contributed by atoms with Gasteiger partial charge in [0.2, 0.25) is 0 Å². The van der Waals surface area contributed by atoms with Crippen LogP contribution in [0.25, 0.3) is 66.1 Å². The molecule has 0 atom stereocenters. The van der Waals surface area contributed by atoms with Gasteiger partial charge in [0.15, 0.2) is 0 Å². The molecule has 216 valence electrons. The van der Waals surface area contributed by atoms with Crippen LogP contribution in [0.2, 0.25) is 0 Å². The number of fused-ring (bicyclic) bond motifs is 14.